The van der Waals surface area contributed by atoms with Gasteiger partial charge in [0.15, 0.2) is 5.96 Å². The SMILES string of the molecule is NC(=O)CCC(NC(=O)C(Cc1ccccc1)NC(=O)[C@H](Cc1ccc(O)cc1)NC(=O)C1CSC(c2ccc(Oc3ccccc3)cc2)N1)C(=O)NC(CC(N)=O)C(=O)N[C@@H](CS)C(=O)N1CCCC1C(=O)N[C@@H](CCCN=C(N)N)C(=O)NCC(N)=O. The zero-order valence-electron chi connectivity index (χ0n) is 48.5. The molecule has 0 spiro atoms. The normalized spacial score (nSPS) is 17.1. The van der Waals surface area contributed by atoms with E-state index in [0.717, 1.165) is 5.56 Å². The van der Waals surface area contributed by atoms with Gasteiger partial charge in [-0.15, -0.1) is 11.8 Å². The molecule has 6 rings (SSSR count). The molecule has 0 bridgehead atoms. The average Bonchev–Trinajstić information content (AvgIpc) is 2.54. The summed E-state index contributed by atoms with van der Waals surface area (Å²) in [6.07, 6.45) is -1.34. The Morgan fingerprint density at radius 2 is 1.17 bits per heavy atom. The maximum atomic E-state index is 14.6. The molecule has 89 heavy (non-hydrogen) atoms. The number of thioether (sulfide) groups is 1. The number of thiol groups is 1. The van der Waals surface area contributed by atoms with Crippen LogP contribution in [0.15, 0.2) is 114 Å². The molecule has 2 saturated heterocycles. The molecular formula is C59H75N15O13S2. The fraction of sp³-hybridized carbons (Fsp3) is 0.390. The Bertz CT molecular complexity index is 3160. The number of phenols is 1. The molecule has 0 aromatic heterocycles. The molecular weight excluding hydrogens is 1190 g/mol. The number of nitrogens with one attached hydrogen (secondary N) is 8. The molecule has 2 aliphatic rings. The molecule has 0 aliphatic carbocycles. The van der Waals surface area contributed by atoms with E-state index in [-0.39, 0.29) is 68.0 Å². The van der Waals surface area contributed by atoms with Crippen LogP contribution in [0, 0.1) is 0 Å². The van der Waals surface area contributed by atoms with Crippen molar-refractivity contribution in [2.75, 3.05) is 31.1 Å². The van der Waals surface area contributed by atoms with Crippen LogP contribution in [0.1, 0.15) is 67.0 Å². The lowest BCUT2D eigenvalue weighted by Crippen LogP contribution is -2.61. The first-order valence-electron chi connectivity index (χ1n) is 28.5. The van der Waals surface area contributed by atoms with Crippen molar-refractivity contribution in [1.82, 2.24) is 47.4 Å². The van der Waals surface area contributed by atoms with E-state index in [1.54, 1.807) is 42.5 Å². The molecule has 476 valence electrons. The highest BCUT2D eigenvalue weighted by molar-refractivity contribution is 7.99. The average molecular weight is 1270 g/mol. The van der Waals surface area contributed by atoms with E-state index in [4.69, 9.17) is 33.4 Å². The number of nitrogens with zero attached hydrogens (tertiary/aromatic N) is 2. The lowest BCUT2D eigenvalue weighted by Gasteiger charge is -2.30. The number of hydrogen-bond acceptors (Lipinski definition) is 17. The topological polar surface area (TPSA) is 459 Å². The second kappa shape index (κ2) is 34.2. The summed E-state index contributed by atoms with van der Waals surface area (Å²) in [5, 5.41) is 31.0. The summed E-state index contributed by atoms with van der Waals surface area (Å²) in [5.41, 5.74) is 29.0. The molecule has 4 aromatic rings. The molecule has 4 aromatic carbocycles. The van der Waals surface area contributed by atoms with Crippen LogP contribution in [0.5, 0.6) is 17.2 Å². The van der Waals surface area contributed by atoms with Crippen molar-refractivity contribution in [2.45, 2.75) is 111 Å². The molecule has 2 heterocycles. The van der Waals surface area contributed by atoms with Crippen molar-refractivity contribution in [1.29, 1.82) is 0 Å². The first kappa shape index (κ1) is 68.7. The van der Waals surface area contributed by atoms with Gasteiger partial charge in [0.05, 0.1) is 24.4 Å². The highest BCUT2D eigenvalue weighted by Gasteiger charge is 2.41. The lowest BCUT2D eigenvalue weighted by molar-refractivity contribution is -0.142. The van der Waals surface area contributed by atoms with Gasteiger partial charge >= 0.3 is 0 Å². The molecule has 28 nitrogen and oxygen atoms in total. The largest absolute Gasteiger partial charge is 0.508 e. The number of guanidine groups is 1. The van der Waals surface area contributed by atoms with E-state index in [1.807, 2.05) is 54.6 Å². The number of aliphatic imine (C=N–C) groups is 1. The number of benzene rings is 4. The van der Waals surface area contributed by atoms with Gasteiger partial charge in [-0.1, -0.05) is 72.8 Å². The van der Waals surface area contributed by atoms with E-state index in [0.29, 0.717) is 34.8 Å². The predicted molar refractivity (Wildman–Crippen MR) is 332 cm³/mol. The minimum atomic E-state index is -1.81. The summed E-state index contributed by atoms with van der Waals surface area (Å²) in [7, 11) is 0. The Morgan fingerprint density at radius 1 is 0.618 bits per heavy atom. The Balaban J connectivity index is 1.16. The first-order valence-corrected chi connectivity index (χ1v) is 30.2. The molecule has 30 heteroatoms. The number of nitrogens with two attached hydrogens (primary N) is 5. The maximum absolute atomic E-state index is 14.6. The number of ether oxygens (including phenoxy) is 1. The third kappa shape index (κ3) is 22.0. The zero-order valence-corrected chi connectivity index (χ0v) is 50.2. The van der Waals surface area contributed by atoms with Crippen molar-refractivity contribution in [2.24, 2.45) is 33.7 Å². The number of carbonyl (C=O) groups excluding carboxylic acids is 11. The van der Waals surface area contributed by atoms with Gasteiger partial charge < -0.3 is 80.6 Å². The first-order chi connectivity index (χ1) is 42.6. The minimum absolute atomic E-state index is 0.0166. The van der Waals surface area contributed by atoms with Gasteiger partial charge in [-0.3, -0.25) is 63.0 Å². The van der Waals surface area contributed by atoms with Crippen LogP contribution in [0.25, 0.3) is 0 Å². The highest BCUT2D eigenvalue weighted by Crippen LogP contribution is 2.34. The number of phenolic OH excluding ortho intramolecular Hbond substituents is 1. The van der Waals surface area contributed by atoms with Crippen molar-refractivity contribution in [3.63, 3.8) is 0 Å². The van der Waals surface area contributed by atoms with E-state index < -0.39 is 139 Å². The number of aromatic hydroxyl groups is 1. The van der Waals surface area contributed by atoms with E-state index in [9.17, 15) is 57.8 Å². The van der Waals surface area contributed by atoms with Crippen LogP contribution in [0.4, 0.5) is 0 Å². The quantitative estimate of drug-likeness (QED) is 0.0106. The van der Waals surface area contributed by atoms with Crippen molar-refractivity contribution in [3.8, 4) is 17.2 Å². The molecule has 0 radical (unpaired) electrons. The van der Waals surface area contributed by atoms with Gasteiger partial charge in [0.25, 0.3) is 0 Å². The summed E-state index contributed by atoms with van der Waals surface area (Å²) in [5.74, 6) is -8.59. The number of amides is 11. The molecule has 0 saturated carbocycles. The summed E-state index contributed by atoms with van der Waals surface area (Å²) in [6, 6.07) is 20.2. The highest BCUT2D eigenvalue weighted by atomic mass is 32.2. The standard InChI is InChI=1S/C59H75N15O13S2/c60-47(76)24-23-40(51(80)71-43(29-48(61)77)54(83)72-44(31-88)58(86)74-26-8-14-46(74)56(85)68-39(13-7-25-65-59(63)64)50(79)66-30-49(62)78)67-52(81)41(27-33-9-3-1-4-10-33)69-53(82)42(28-34-15-19-36(75)20-16-34)70-55(84)45-32-89-57(73-45)35-17-21-38(22-18-35)87-37-11-5-2-6-12-37/h1-6,9-12,15-22,39-46,57,73,75,88H,7-8,13-14,23-32H2,(H2,60,76)(H2,61,77)(H2,62,78)(H,66,79)(H,67,81)(H,68,85)(H,69,82)(H,70,84)(H,71,80)(H,72,83)(H4,63,64,65)/t39-,40?,41?,42-,43?,44-,45?,46?,57?/m0/s1. The molecule has 19 N–H and O–H groups in total. The summed E-state index contributed by atoms with van der Waals surface area (Å²) < 4.78 is 5.93. The van der Waals surface area contributed by atoms with Crippen LogP contribution in [-0.2, 0) is 65.6 Å². The summed E-state index contributed by atoms with van der Waals surface area (Å²) in [4.78, 5) is 154. The van der Waals surface area contributed by atoms with Crippen LogP contribution >= 0.6 is 24.4 Å². The smallest absolute Gasteiger partial charge is 0.246 e. The monoisotopic (exact) mass is 1270 g/mol. The fourth-order valence-corrected chi connectivity index (χ4v) is 11.1. The maximum Gasteiger partial charge on any atom is 0.246 e. The van der Waals surface area contributed by atoms with Crippen LogP contribution in [0.2, 0.25) is 0 Å². The van der Waals surface area contributed by atoms with Gasteiger partial charge in [-0.2, -0.15) is 12.6 Å². The Hall–Kier alpha value is -9.42. The van der Waals surface area contributed by atoms with Crippen LogP contribution in [0.3, 0.4) is 0 Å². The van der Waals surface area contributed by atoms with Crippen molar-refractivity contribution < 1.29 is 62.6 Å². The van der Waals surface area contributed by atoms with Crippen LogP contribution < -0.4 is 75.9 Å². The van der Waals surface area contributed by atoms with Gasteiger partial charge in [0.1, 0.15) is 59.5 Å². The summed E-state index contributed by atoms with van der Waals surface area (Å²) in [6.45, 7) is -0.392. The third-order valence-corrected chi connectivity index (χ3v) is 15.8. The molecule has 6 unspecified atom stereocenters. The number of likely N-dealkylation sites (tertiary alicyclic amines) is 1. The zero-order chi connectivity index (χ0) is 64.6. The Kier molecular flexibility index (Phi) is 26.4. The number of primary amides is 3. The third-order valence-electron chi connectivity index (χ3n) is 14.2. The van der Waals surface area contributed by atoms with Gasteiger partial charge in [0, 0.05) is 43.9 Å². The predicted octanol–water partition coefficient (Wildman–Crippen LogP) is -2.00. The molecule has 2 aliphatic heterocycles. The van der Waals surface area contributed by atoms with E-state index >= 15 is 0 Å². The van der Waals surface area contributed by atoms with Crippen molar-refractivity contribution >= 4 is 95.3 Å². The Labute approximate surface area is 522 Å². The van der Waals surface area contributed by atoms with E-state index in [2.05, 4.69) is 60.2 Å². The Morgan fingerprint density at radius 3 is 1.79 bits per heavy atom. The van der Waals surface area contributed by atoms with Crippen LogP contribution in [-0.4, -0.2) is 160 Å². The summed E-state index contributed by atoms with van der Waals surface area (Å²) >= 11 is 5.76. The second-order valence-corrected chi connectivity index (χ2v) is 22.5. The van der Waals surface area contributed by atoms with Gasteiger partial charge in [-0.05, 0) is 85.2 Å². The fourth-order valence-electron chi connectivity index (χ4n) is 9.64. The number of rotatable bonds is 33. The number of hydrogen-bond donors (Lipinski definition) is 15. The second-order valence-electron chi connectivity index (χ2n) is 21.0. The van der Waals surface area contributed by atoms with Gasteiger partial charge in [-0.25, -0.2) is 0 Å². The van der Waals surface area contributed by atoms with Crippen molar-refractivity contribution in [3.05, 3.63) is 126 Å². The number of carbonyl (C=O) groups is 11. The molecule has 11 amide bonds. The lowest BCUT2D eigenvalue weighted by atomic mass is 10.0. The molecule has 2 fully saturated rings. The number of para-hydroxylation sites is 1. The molecule has 9 atom stereocenters. The van der Waals surface area contributed by atoms with Gasteiger partial charge in [0.2, 0.25) is 65.0 Å². The minimum Gasteiger partial charge on any atom is -0.508 e. The van der Waals surface area contributed by atoms with E-state index in [1.165, 1.54) is 28.8 Å².